The number of rotatable bonds is 6. The molecule has 0 saturated heterocycles. The van der Waals surface area contributed by atoms with Crippen molar-refractivity contribution in [2.24, 2.45) is 0 Å². The molecule has 0 bridgehead atoms. The third-order valence-electron chi connectivity index (χ3n) is 2.22. The Morgan fingerprint density at radius 3 is 1.88 bits per heavy atom. The van der Waals surface area contributed by atoms with Crippen molar-refractivity contribution in [3.63, 3.8) is 0 Å². The van der Waals surface area contributed by atoms with Crippen LogP contribution in [0.4, 0.5) is 4.79 Å². The van der Waals surface area contributed by atoms with E-state index in [0.717, 1.165) is 0 Å². The Morgan fingerprint density at radius 1 is 0.958 bits per heavy atom. The van der Waals surface area contributed by atoms with Crippen LogP contribution < -0.4 is 10.6 Å². The zero-order valence-electron chi connectivity index (χ0n) is 14.9. The molecule has 9 nitrogen and oxygen atoms in total. The number of ether oxygens (including phenoxy) is 2. The van der Waals surface area contributed by atoms with Crippen LogP contribution in [0.2, 0.25) is 0 Å². The van der Waals surface area contributed by atoms with Gasteiger partial charge in [-0.25, -0.2) is 9.59 Å². The predicted molar refractivity (Wildman–Crippen MR) is 84.3 cm³/mol. The molecule has 0 spiro atoms. The first-order valence-corrected chi connectivity index (χ1v) is 7.43. The summed E-state index contributed by atoms with van der Waals surface area (Å²) in [6.07, 6.45) is -1.15. The first kappa shape index (κ1) is 21.7. The highest BCUT2D eigenvalue weighted by Crippen LogP contribution is 2.08. The van der Waals surface area contributed by atoms with Crippen LogP contribution in [0.5, 0.6) is 0 Å². The van der Waals surface area contributed by atoms with Crippen LogP contribution in [-0.2, 0) is 23.9 Å². The van der Waals surface area contributed by atoms with Gasteiger partial charge in [0.15, 0.2) is 0 Å². The fourth-order valence-corrected chi connectivity index (χ4v) is 1.45. The molecule has 9 heteroatoms. The highest BCUT2D eigenvalue weighted by atomic mass is 16.6. The molecule has 0 aromatic carbocycles. The standard InChI is InChI=1S/C15H26N2O7/c1-14(2,3)23-9(18)7-8-16-11(19)10(12(20)21)17-13(22)24-15(4,5)6/h10H,7-8H2,1-6H3,(H,16,19)(H,17,22)(H,20,21). The molecule has 0 aromatic rings. The van der Waals surface area contributed by atoms with Gasteiger partial charge < -0.3 is 19.9 Å². The van der Waals surface area contributed by atoms with Crippen LogP contribution in [0.1, 0.15) is 48.0 Å². The van der Waals surface area contributed by atoms with Gasteiger partial charge in [-0.3, -0.25) is 14.9 Å². The van der Waals surface area contributed by atoms with E-state index in [1.165, 1.54) is 0 Å². The molecule has 2 amide bonds. The minimum atomic E-state index is -1.82. The molecule has 1 unspecified atom stereocenters. The molecule has 0 fully saturated rings. The number of esters is 1. The summed E-state index contributed by atoms with van der Waals surface area (Å²) in [5.41, 5.74) is -1.48. The second-order valence-corrected chi connectivity index (χ2v) is 7.04. The number of nitrogens with one attached hydrogen (secondary N) is 2. The number of hydrogen-bond donors (Lipinski definition) is 3. The molecule has 0 aliphatic carbocycles. The first-order valence-electron chi connectivity index (χ1n) is 7.43. The SMILES string of the molecule is CC(C)(C)OC(=O)CCNC(=O)C(NC(=O)OC(C)(C)C)C(=O)O. The van der Waals surface area contributed by atoms with Crippen molar-refractivity contribution < 1.29 is 33.8 Å². The van der Waals surface area contributed by atoms with Gasteiger partial charge in [0.1, 0.15) is 11.2 Å². The van der Waals surface area contributed by atoms with Crippen molar-refractivity contribution in [2.75, 3.05) is 6.54 Å². The smallest absolute Gasteiger partial charge is 0.408 e. The lowest BCUT2D eigenvalue weighted by atomic mass is 10.2. The van der Waals surface area contributed by atoms with Crippen LogP contribution in [0.15, 0.2) is 0 Å². The summed E-state index contributed by atoms with van der Waals surface area (Å²) >= 11 is 0. The molecular formula is C15H26N2O7. The summed E-state index contributed by atoms with van der Waals surface area (Å²) in [6.45, 7) is 9.79. The molecule has 3 N–H and O–H groups in total. The Balaban J connectivity index is 4.48. The number of carbonyl (C=O) groups excluding carboxylic acids is 3. The lowest BCUT2D eigenvalue weighted by Crippen LogP contribution is -2.52. The normalized spacial score (nSPS) is 12.8. The number of aliphatic carboxylic acids is 1. The Labute approximate surface area is 141 Å². The van der Waals surface area contributed by atoms with Crippen LogP contribution in [0.3, 0.4) is 0 Å². The summed E-state index contributed by atoms with van der Waals surface area (Å²) in [6, 6.07) is -1.82. The monoisotopic (exact) mass is 346 g/mol. The van der Waals surface area contributed by atoms with Gasteiger partial charge in [-0.1, -0.05) is 0 Å². The lowest BCUT2D eigenvalue weighted by Gasteiger charge is -2.22. The fraction of sp³-hybridized carbons (Fsp3) is 0.733. The summed E-state index contributed by atoms with van der Waals surface area (Å²) in [5.74, 6) is -3.04. The maximum Gasteiger partial charge on any atom is 0.408 e. The molecular weight excluding hydrogens is 320 g/mol. The van der Waals surface area contributed by atoms with Gasteiger partial charge >= 0.3 is 18.0 Å². The molecule has 1 atom stereocenters. The first-order chi connectivity index (χ1) is 10.7. The van der Waals surface area contributed by atoms with E-state index in [1.54, 1.807) is 41.5 Å². The molecule has 0 aliphatic heterocycles. The highest BCUT2D eigenvalue weighted by molar-refractivity contribution is 6.03. The summed E-state index contributed by atoms with van der Waals surface area (Å²) < 4.78 is 9.95. The van der Waals surface area contributed by atoms with Crippen LogP contribution in [0, 0.1) is 0 Å². The van der Waals surface area contributed by atoms with Gasteiger partial charge in [0.2, 0.25) is 6.04 Å². The molecule has 0 saturated carbocycles. The van der Waals surface area contributed by atoms with Crippen LogP contribution in [0.25, 0.3) is 0 Å². The summed E-state index contributed by atoms with van der Waals surface area (Å²) in [7, 11) is 0. The van der Waals surface area contributed by atoms with E-state index in [0.29, 0.717) is 0 Å². The van der Waals surface area contributed by atoms with Crippen molar-refractivity contribution >= 4 is 23.9 Å². The van der Waals surface area contributed by atoms with E-state index in [4.69, 9.17) is 14.6 Å². The van der Waals surface area contributed by atoms with Gasteiger partial charge in [0, 0.05) is 6.54 Å². The van der Waals surface area contributed by atoms with Gasteiger partial charge in [-0.05, 0) is 41.5 Å². The zero-order chi connectivity index (χ0) is 19.1. The van der Waals surface area contributed by atoms with Crippen molar-refractivity contribution in [3.8, 4) is 0 Å². The van der Waals surface area contributed by atoms with E-state index in [-0.39, 0.29) is 13.0 Å². The van der Waals surface area contributed by atoms with E-state index < -0.39 is 41.2 Å². The second-order valence-electron chi connectivity index (χ2n) is 7.04. The highest BCUT2D eigenvalue weighted by Gasteiger charge is 2.30. The van der Waals surface area contributed by atoms with Gasteiger partial charge in [0.05, 0.1) is 6.42 Å². The molecule has 0 aliphatic rings. The van der Waals surface area contributed by atoms with Crippen molar-refractivity contribution in [2.45, 2.75) is 65.2 Å². The van der Waals surface area contributed by atoms with E-state index in [2.05, 4.69) is 5.32 Å². The lowest BCUT2D eigenvalue weighted by molar-refractivity contribution is -0.154. The number of amides is 2. The van der Waals surface area contributed by atoms with Crippen molar-refractivity contribution in [1.29, 1.82) is 0 Å². The van der Waals surface area contributed by atoms with Gasteiger partial charge in [0.25, 0.3) is 5.91 Å². The number of alkyl carbamates (subject to hydrolysis) is 1. The minimum absolute atomic E-state index is 0.118. The average Bonchev–Trinajstić information content (AvgIpc) is 2.30. The molecule has 0 heterocycles. The van der Waals surface area contributed by atoms with E-state index in [9.17, 15) is 19.2 Å². The maximum absolute atomic E-state index is 11.8. The van der Waals surface area contributed by atoms with Crippen molar-refractivity contribution in [3.05, 3.63) is 0 Å². The van der Waals surface area contributed by atoms with Gasteiger partial charge in [-0.2, -0.15) is 0 Å². The molecule has 0 aromatic heterocycles. The van der Waals surface area contributed by atoms with Gasteiger partial charge in [-0.15, -0.1) is 0 Å². The molecule has 138 valence electrons. The number of hydrogen-bond acceptors (Lipinski definition) is 6. The molecule has 0 rings (SSSR count). The maximum atomic E-state index is 11.8. The zero-order valence-corrected chi connectivity index (χ0v) is 14.9. The summed E-state index contributed by atoms with van der Waals surface area (Å²) in [4.78, 5) is 46.0. The fourth-order valence-electron chi connectivity index (χ4n) is 1.45. The molecule has 24 heavy (non-hydrogen) atoms. The third-order valence-corrected chi connectivity index (χ3v) is 2.22. The number of carboxylic acid groups (broad SMARTS) is 1. The van der Waals surface area contributed by atoms with Crippen molar-refractivity contribution in [1.82, 2.24) is 10.6 Å². The predicted octanol–water partition coefficient (Wildman–Crippen LogP) is 0.812. The van der Waals surface area contributed by atoms with E-state index in [1.807, 2.05) is 5.32 Å². The Morgan fingerprint density at radius 2 is 1.46 bits per heavy atom. The largest absolute Gasteiger partial charge is 0.479 e. The Hall–Kier alpha value is -2.32. The Bertz CT molecular complexity index is 489. The van der Waals surface area contributed by atoms with Crippen LogP contribution in [-0.4, -0.2) is 52.8 Å². The topological polar surface area (TPSA) is 131 Å². The quantitative estimate of drug-likeness (QED) is 0.479. The number of carboxylic acids is 1. The average molecular weight is 346 g/mol. The van der Waals surface area contributed by atoms with Crippen LogP contribution >= 0.6 is 0 Å². The molecule has 0 radical (unpaired) electrons. The second kappa shape index (κ2) is 8.51. The third kappa shape index (κ3) is 10.4. The minimum Gasteiger partial charge on any atom is -0.479 e. The Kier molecular flexibility index (Phi) is 7.69. The van der Waals surface area contributed by atoms with E-state index >= 15 is 0 Å². The summed E-state index contributed by atoms with van der Waals surface area (Å²) in [5, 5.41) is 13.2. The number of carbonyl (C=O) groups is 4.